The van der Waals surface area contributed by atoms with Crippen LogP contribution < -0.4 is 9.47 Å². The molecule has 0 aliphatic heterocycles. The Hall–Kier alpha value is -2.54. The zero-order valence-electron chi connectivity index (χ0n) is 14.1. The van der Waals surface area contributed by atoms with Crippen molar-refractivity contribution in [1.82, 2.24) is 4.41 Å². The normalized spacial score (nSPS) is 11.5. The molecule has 24 heavy (non-hydrogen) atoms. The molecule has 2 rings (SSSR count). The summed E-state index contributed by atoms with van der Waals surface area (Å²) in [6.45, 7) is 1.75. The Morgan fingerprint density at radius 3 is 2.33 bits per heavy atom. The molecule has 7 heteroatoms. The van der Waals surface area contributed by atoms with Crippen LogP contribution in [0.4, 0.5) is 0 Å². The maximum absolute atomic E-state index is 12.6. The van der Waals surface area contributed by atoms with Gasteiger partial charge in [-0.1, -0.05) is 18.2 Å². The summed E-state index contributed by atoms with van der Waals surface area (Å²) in [5.41, 5.74) is 1.37. The molecule has 0 heterocycles. The lowest BCUT2D eigenvalue weighted by atomic mass is 10.2. The molecule has 0 fully saturated rings. The molecule has 6 nitrogen and oxygen atoms in total. The number of aryl methyl sites for hydroxylation is 1. The van der Waals surface area contributed by atoms with E-state index in [1.807, 2.05) is 0 Å². The molecule has 0 aliphatic carbocycles. The largest absolute Gasteiger partial charge is 0.493 e. The summed E-state index contributed by atoms with van der Waals surface area (Å²) in [5.74, 6) is 1.14. The van der Waals surface area contributed by atoms with Gasteiger partial charge in [-0.05, 0) is 42.3 Å². The number of nitrogens with zero attached hydrogens (tertiary/aromatic N) is 2. The highest BCUT2D eigenvalue weighted by Crippen LogP contribution is 2.27. The second-order valence-electron chi connectivity index (χ2n) is 5.06. The van der Waals surface area contributed by atoms with Gasteiger partial charge < -0.3 is 9.47 Å². The maximum atomic E-state index is 12.6. The summed E-state index contributed by atoms with van der Waals surface area (Å²) in [4.78, 5) is 0.233. The molecule has 128 valence electrons. The van der Waals surface area contributed by atoms with Gasteiger partial charge in [-0.15, -0.1) is 0 Å². The highest BCUT2D eigenvalue weighted by atomic mass is 32.2. The molecule has 2 aromatic rings. The predicted octanol–water partition coefficient (Wildman–Crippen LogP) is 2.67. The number of rotatable bonds is 6. The highest BCUT2D eigenvalue weighted by molar-refractivity contribution is 7.89. The van der Waals surface area contributed by atoms with E-state index < -0.39 is 10.0 Å². The van der Waals surface area contributed by atoms with Gasteiger partial charge in [-0.3, -0.25) is 0 Å². The summed E-state index contributed by atoms with van der Waals surface area (Å²) >= 11 is 0. The van der Waals surface area contributed by atoms with E-state index in [1.54, 1.807) is 56.5 Å². The third-order valence-electron chi connectivity index (χ3n) is 3.50. The second kappa shape index (κ2) is 7.35. The van der Waals surface area contributed by atoms with Crippen LogP contribution in [0.5, 0.6) is 11.5 Å². The summed E-state index contributed by atoms with van der Waals surface area (Å²) < 4.78 is 36.5. The third-order valence-corrected chi connectivity index (χ3v) is 5.30. The molecule has 0 unspecified atom stereocenters. The Morgan fingerprint density at radius 2 is 1.71 bits per heavy atom. The Kier molecular flexibility index (Phi) is 5.46. The van der Waals surface area contributed by atoms with Gasteiger partial charge in [0.25, 0.3) is 10.0 Å². The van der Waals surface area contributed by atoms with E-state index in [9.17, 15) is 8.42 Å². The van der Waals surface area contributed by atoms with Crippen LogP contribution >= 0.6 is 0 Å². The SMILES string of the molecule is COc1ccc(/C=N/N(C)S(=O)(=O)c2ccccc2C)cc1OC. The first-order chi connectivity index (χ1) is 11.4. The first-order valence-electron chi connectivity index (χ1n) is 7.20. The molecular weight excluding hydrogens is 328 g/mol. The Bertz CT molecular complexity index is 847. The van der Waals surface area contributed by atoms with Crippen LogP contribution in [0.1, 0.15) is 11.1 Å². The quantitative estimate of drug-likeness (QED) is 0.594. The molecule has 0 radical (unpaired) electrons. The van der Waals surface area contributed by atoms with Gasteiger partial charge in [0.2, 0.25) is 0 Å². The van der Waals surface area contributed by atoms with Gasteiger partial charge in [-0.2, -0.15) is 17.9 Å². The van der Waals surface area contributed by atoms with E-state index in [4.69, 9.17) is 9.47 Å². The number of hydrogen-bond acceptors (Lipinski definition) is 5. The van der Waals surface area contributed by atoms with Crippen LogP contribution in [0.3, 0.4) is 0 Å². The van der Waals surface area contributed by atoms with Crippen LogP contribution in [0.25, 0.3) is 0 Å². The number of sulfonamides is 1. The summed E-state index contributed by atoms with van der Waals surface area (Å²) in [7, 11) is 0.798. The van der Waals surface area contributed by atoms with Crippen molar-refractivity contribution in [1.29, 1.82) is 0 Å². The van der Waals surface area contributed by atoms with E-state index in [2.05, 4.69) is 5.10 Å². The molecular formula is C17H20N2O4S. The maximum Gasteiger partial charge on any atom is 0.279 e. The van der Waals surface area contributed by atoms with Crippen molar-refractivity contribution >= 4 is 16.2 Å². The number of hydrogen-bond donors (Lipinski definition) is 0. The van der Waals surface area contributed by atoms with Crippen LogP contribution in [-0.2, 0) is 10.0 Å². The van der Waals surface area contributed by atoms with Crippen molar-refractivity contribution in [2.24, 2.45) is 5.10 Å². The van der Waals surface area contributed by atoms with Crippen molar-refractivity contribution in [3.63, 3.8) is 0 Å². The second-order valence-corrected chi connectivity index (χ2v) is 6.98. The van der Waals surface area contributed by atoms with Crippen molar-refractivity contribution < 1.29 is 17.9 Å². The lowest BCUT2D eigenvalue weighted by Gasteiger charge is -2.15. The molecule has 0 N–H and O–H groups in total. The number of methoxy groups -OCH3 is 2. The van der Waals surface area contributed by atoms with E-state index in [1.165, 1.54) is 20.4 Å². The first-order valence-corrected chi connectivity index (χ1v) is 8.64. The van der Waals surface area contributed by atoms with Crippen molar-refractivity contribution in [2.75, 3.05) is 21.3 Å². The topological polar surface area (TPSA) is 68.2 Å². The van der Waals surface area contributed by atoms with Crippen molar-refractivity contribution in [3.05, 3.63) is 53.6 Å². The van der Waals surface area contributed by atoms with Crippen molar-refractivity contribution in [2.45, 2.75) is 11.8 Å². The fourth-order valence-electron chi connectivity index (χ4n) is 2.13. The Labute approximate surface area is 142 Å². The van der Waals surface area contributed by atoms with Gasteiger partial charge in [0, 0.05) is 7.05 Å². The van der Waals surface area contributed by atoms with Gasteiger partial charge in [0.15, 0.2) is 11.5 Å². The first kappa shape index (κ1) is 17.8. The van der Waals surface area contributed by atoms with E-state index in [-0.39, 0.29) is 4.90 Å². The average Bonchev–Trinajstić information content (AvgIpc) is 2.59. The smallest absolute Gasteiger partial charge is 0.279 e. The monoisotopic (exact) mass is 348 g/mol. The molecule has 0 saturated carbocycles. The molecule has 0 spiro atoms. The minimum Gasteiger partial charge on any atom is -0.493 e. The molecule has 0 saturated heterocycles. The van der Waals surface area contributed by atoms with Gasteiger partial charge in [-0.25, -0.2) is 0 Å². The summed E-state index contributed by atoms with van der Waals surface area (Å²) in [6.07, 6.45) is 1.46. The summed E-state index contributed by atoms with van der Waals surface area (Å²) in [5, 5.41) is 4.04. The molecule has 0 aromatic heterocycles. The van der Waals surface area contributed by atoms with E-state index in [0.29, 0.717) is 22.6 Å². The predicted molar refractivity (Wildman–Crippen MR) is 93.3 cm³/mol. The zero-order chi connectivity index (χ0) is 17.7. The summed E-state index contributed by atoms with van der Waals surface area (Å²) in [6, 6.07) is 12.0. The molecule has 2 aromatic carbocycles. The Balaban J connectivity index is 2.27. The zero-order valence-corrected chi connectivity index (χ0v) is 14.9. The van der Waals surface area contributed by atoms with E-state index >= 15 is 0 Å². The fourth-order valence-corrected chi connectivity index (χ4v) is 3.31. The van der Waals surface area contributed by atoms with Gasteiger partial charge in [0.1, 0.15) is 0 Å². The lowest BCUT2D eigenvalue weighted by Crippen LogP contribution is -2.22. The van der Waals surface area contributed by atoms with Crippen molar-refractivity contribution in [3.8, 4) is 11.5 Å². The van der Waals surface area contributed by atoms with Gasteiger partial charge >= 0.3 is 0 Å². The number of ether oxygens (including phenoxy) is 2. The van der Waals surface area contributed by atoms with E-state index in [0.717, 1.165) is 4.41 Å². The molecule has 0 bridgehead atoms. The molecule has 0 amide bonds. The Morgan fingerprint density at radius 1 is 1.04 bits per heavy atom. The number of benzene rings is 2. The number of hydrazone groups is 1. The fraction of sp³-hybridized carbons (Fsp3) is 0.235. The van der Waals surface area contributed by atoms with Crippen LogP contribution in [0.2, 0.25) is 0 Å². The third kappa shape index (κ3) is 3.68. The lowest BCUT2D eigenvalue weighted by molar-refractivity contribution is 0.355. The highest BCUT2D eigenvalue weighted by Gasteiger charge is 2.20. The molecule has 0 aliphatic rings. The van der Waals surface area contributed by atoms with Gasteiger partial charge in [0.05, 0.1) is 25.3 Å². The van der Waals surface area contributed by atoms with Crippen LogP contribution in [0, 0.1) is 6.92 Å². The standard InChI is InChI=1S/C17H20N2O4S/c1-13-7-5-6-8-17(13)24(20,21)19(2)18-12-14-9-10-15(22-3)16(11-14)23-4/h5-12H,1-4H3/b18-12+. The van der Waals surface area contributed by atoms with Crippen LogP contribution in [0.15, 0.2) is 52.5 Å². The average molecular weight is 348 g/mol. The van der Waals surface area contributed by atoms with Crippen LogP contribution in [-0.4, -0.2) is 40.3 Å². The minimum atomic E-state index is -3.69. The minimum absolute atomic E-state index is 0.233. The molecule has 0 atom stereocenters.